The molecule has 1 nitrogen and oxygen atoms in total. The maximum absolute atomic E-state index is 3.15. The van der Waals surface area contributed by atoms with Crippen molar-refractivity contribution in [3.8, 4) is 0 Å². The van der Waals surface area contributed by atoms with Crippen LogP contribution in [-0.2, 0) is 6.54 Å². The van der Waals surface area contributed by atoms with Crippen LogP contribution in [0.5, 0.6) is 0 Å². The van der Waals surface area contributed by atoms with E-state index in [1.165, 1.54) is 385 Å². The van der Waals surface area contributed by atoms with Crippen molar-refractivity contribution in [2.24, 2.45) is 0 Å². The van der Waals surface area contributed by atoms with Gasteiger partial charge in [0.05, 0.1) is 0 Å². The van der Waals surface area contributed by atoms with E-state index in [4.69, 9.17) is 0 Å². The van der Waals surface area contributed by atoms with Gasteiger partial charge in [0, 0.05) is 12.1 Å². The maximum atomic E-state index is 3.15. The summed E-state index contributed by atoms with van der Waals surface area (Å²) in [5.41, 5.74) is 1.91. The van der Waals surface area contributed by atoms with Crippen molar-refractivity contribution in [2.45, 2.75) is 419 Å². The summed E-state index contributed by atoms with van der Waals surface area (Å²) in [7, 11) is 0. The van der Waals surface area contributed by atoms with Gasteiger partial charge in [-0.2, -0.15) is 0 Å². The van der Waals surface area contributed by atoms with Gasteiger partial charge < -0.3 is 0 Å². The molecule has 0 amide bonds. The van der Waals surface area contributed by atoms with Crippen LogP contribution >= 0.6 is 0 Å². The van der Waals surface area contributed by atoms with Crippen molar-refractivity contribution in [3.05, 3.63) is 35.9 Å². The zero-order valence-electron chi connectivity index (χ0n) is 51.5. The van der Waals surface area contributed by atoms with Crippen molar-refractivity contribution in [1.29, 1.82) is 0 Å². The molecule has 1 rings (SSSR count). The van der Waals surface area contributed by atoms with Crippen LogP contribution in [0.15, 0.2) is 30.3 Å². The standard InChI is InChI=1S/C72H139N/c1-5-9-13-17-21-25-29-33-37-41-45-49-53-60-66-72(67-61-54-50-46-42-38-34-30-26-22-18-14-10-6-2,68-62-55-51-47-43-39-35-31-27-23-19-15-11-7-3)73(70-71-64-58-57-59-65-71)69-63-56-52-48-44-40-36-32-28-24-20-16-12-8-4/h57-59,64-65H,5-56,60-63,66-70H2,1-4H3. The Labute approximate surface area is 463 Å². The van der Waals surface area contributed by atoms with Crippen LogP contribution in [0.25, 0.3) is 0 Å². The van der Waals surface area contributed by atoms with E-state index in [9.17, 15) is 0 Å². The minimum Gasteiger partial charge on any atom is -0.293 e. The minimum atomic E-state index is 0.359. The summed E-state index contributed by atoms with van der Waals surface area (Å²) >= 11 is 0. The zero-order valence-corrected chi connectivity index (χ0v) is 51.5. The molecule has 1 aromatic rings. The Bertz CT molecular complexity index is 1050. The Morgan fingerprint density at radius 2 is 0.425 bits per heavy atom. The second kappa shape index (κ2) is 58.9. The number of rotatable bonds is 63. The molecule has 0 saturated carbocycles. The van der Waals surface area contributed by atoms with Crippen LogP contribution in [-0.4, -0.2) is 17.0 Å². The molecule has 1 heteroatoms. The molecule has 0 aromatic heterocycles. The van der Waals surface area contributed by atoms with E-state index in [1.54, 1.807) is 5.56 Å². The zero-order chi connectivity index (χ0) is 52.3. The molecule has 0 atom stereocenters. The molecule has 0 aliphatic rings. The van der Waals surface area contributed by atoms with Gasteiger partial charge in [-0.15, -0.1) is 0 Å². The lowest BCUT2D eigenvalue weighted by atomic mass is 9.79. The fourth-order valence-electron chi connectivity index (χ4n) is 12.6. The van der Waals surface area contributed by atoms with E-state index in [2.05, 4.69) is 62.9 Å². The summed E-state index contributed by atoms with van der Waals surface area (Å²) in [4.78, 5) is 3.15. The lowest BCUT2D eigenvalue weighted by molar-refractivity contribution is 0.0430. The molecule has 1 aromatic carbocycles. The monoisotopic (exact) mass is 1020 g/mol. The second-order valence-corrected chi connectivity index (χ2v) is 24.8. The molecule has 0 radical (unpaired) electrons. The summed E-state index contributed by atoms with van der Waals surface area (Å²) in [5, 5.41) is 0. The summed E-state index contributed by atoms with van der Waals surface area (Å²) in [6, 6.07) is 11.8. The van der Waals surface area contributed by atoms with Crippen LogP contribution in [0.3, 0.4) is 0 Å². The maximum Gasteiger partial charge on any atom is 0.0239 e. The van der Waals surface area contributed by atoms with Gasteiger partial charge in [0.2, 0.25) is 0 Å². The molecule has 0 bridgehead atoms. The van der Waals surface area contributed by atoms with Gasteiger partial charge in [0.15, 0.2) is 0 Å². The smallest absolute Gasteiger partial charge is 0.0239 e. The molecule has 0 aliphatic carbocycles. The first kappa shape index (κ1) is 70.2. The van der Waals surface area contributed by atoms with Gasteiger partial charge in [0.25, 0.3) is 0 Å². The first-order valence-electron chi connectivity index (χ1n) is 35.0. The number of nitrogens with zero attached hydrogens (tertiary/aromatic N) is 1. The van der Waals surface area contributed by atoms with Gasteiger partial charge in [0.1, 0.15) is 0 Å². The van der Waals surface area contributed by atoms with Crippen LogP contribution in [0, 0.1) is 0 Å². The highest BCUT2D eigenvalue weighted by Crippen LogP contribution is 2.37. The number of benzene rings is 1. The Morgan fingerprint density at radius 3 is 0.644 bits per heavy atom. The summed E-state index contributed by atoms with van der Waals surface area (Å²) < 4.78 is 0. The van der Waals surface area contributed by atoms with E-state index in [0.717, 1.165) is 6.54 Å². The molecule has 0 heterocycles. The molecular formula is C72H139N. The molecule has 0 fully saturated rings. The van der Waals surface area contributed by atoms with Gasteiger partial charge in [-0.3, -0.25) is 4.90 Å². The lowest BCUT2D eigenvalue weighted by Crippen LogP contribution is -2.49. The van der Waals surface area contributed by atoms with Crippen molar-refractivity contribution in [3.63, 3.8) is 0 Å². The highest BCUT2D eigenvalue weighted by Gasteiger charge is 2.35. The van der Waals surface area contributed by atoms with Crippen molar-refractivity contribution in [1.82, 2.24) is 4.90 Å². The van der Waals surface area contributed by atoms with Gasteiger partial charge >= 0.3 is 0 Å². The summed E-state index contributed by atoms with van der Waals surface area (Å²) in [6.45, 7) is 11.8. The fraction of sp³-hybridized carbons (Fsp3) is 0.917. The third-order valence-corrected chi connectivity index (χ3v) is 17.7. The molecular weight excluding hydrogens is 879 g/mol. The van der Waals surface area contributed by atoms with Crippen molar-refractivity contribution in [2.75, 3.05) is 6.54 Å². The van der Waals surface area contributed by atoms with E-state index in [1.807, 2.05) is 0 Å². The van der Waals surface area contributed by atoms with Gasteiger partial charge in [-0.05, 0) is 37.8 Å². The molecule has 73 heavy (non-hydrogen) atoms. The first-order valence-corrected chi connectivity index (χ1v) is 35.0. The lowest BCUT2D eigenvalue weighted by Gasteiger charge is -2.46. The Balaban J connectivity index is 2.95. The topological polar surface area (TPSA) is 3.24 Å². The highest BCUT2D eigenvalue weighted by atomic mass is 15.2. The van der Waals surface area contributed by atoms with E-state index >= 15 is 0 Å². The normalized spacial score (nSPS) is 12.0. The van der Waals surface area contributed by atoms with E-state index in [0.29, 0.717) is 5.54 Å². The molecule has 0 saturated heterocycles. The Kier molecular flexibility index (Phi) is 56.6. The highest BCUT2D eigenvalue weighted by molar-refractivity contribution is 5.15. The minimum absolute atomic E-state index is 0.359. The second-order valence-electron chi connectivity index (χ2n) is 24.8. The average molecular weight is 1020 g/mol. The molecule has 0 spiro atoms. The summed E-state index contributed by atoms with van der Waals surface area (Å²) in [6.07, 6.45) is 85.8. The van der Waals surface area contributed by atoms with Crippen LogP contribution < -0.4 is 0 Å². The SMILES string of the molecule is CCCCCCCCCCCCCCCCN(Cc1ccccc1)C(CCCCCCCCCCCCCCCC)(CCCCCCCCCCCCCCCC)CCCCCCCCCCCCCCCC. The fourth-order valence-corrected chi connectivity index (χ4v) is 12.6. The largest absolute Gasteiger partial charge is 0.293 e. The van der Waals surface area contributed by atoms with Crippen LogP contribution in [0.2, 0.25) is 0 Å². The molecule has 0 aliphatic heterocycles. The third-order valence-electron chi connectivity index (χ3n) is 17.7. The van der Waals surface area contributed by atoms with Crippen molar-refractivity contribution < 1.29 is 0 Å². The van der Waals surface area contributed by atoms with Crippen LogP contribution in [0.1, 0.15) is 412 Å². The average Bonchev–Trinajstić information content (AvgIpc) is 3.41. The predicted molar refractivity (Wildman–Crippen MR) is 335 cm³/mol. The predicted octanol–water partition coefficient (Wildman–Crippen LogP) is 26.3. The Hall–Kier alpha value is -0.820. The molecule has 0 N–H and O–H groups in total. The molecule has 432 valence electrons. The first-order chi connectivity index (χ1) is 36.2. The van der Waals surface area contributed by atoms with Crippen LogP contribution in [0.4, 0.5) is 0 Å². The van der Waals surface area contributed by atoms with Gasteiger partial charge in [-0.25, -0.2) is 0 Å². The molecule has 0 unspecified atom stereocenters. The quantitative estimate of drug-likeness (QED) is 0.0588. The van der Waals surface area contributed by atoms with Crippen molar-refractivity contribution >= 4 is 0 Å². The number of unbranched alkanes of at least 4 members (excludes halogenated alkanes) is 52. The van der Waals surface area contributed by atoms with E-state index in [-0.39, 0.29) is 0 Å². The third kappa shape index (κ3) is 48.1. The number of hydrogen-bond acceptors (Lipinski definition) is 1. The summed E-state index contributed by atoms with van der Waals surface area (Å²) in [5.74, 6) is 0. The Morgan fingerprint density at radius 1 is 0.233 bits per heavy atom. The van der Waals surface area contributed by atoms with Gasteiger partial charge in [-0.1, -0.05) is 411 Å². The number of hydrogen-bond donors (Lipinski definition) is 0. The van der Waals surface area contributed by atoms with E-state index < -0.39 is 0 Å².